The summed E-state index contributed by atoms with van der Waals surface area (Å²) in [5, 5.41) is 1.67. The molecular formula is C14H16ClNO. The quantitative estimate of drug-likeness (QED) is 0.809. The largest absolute Gasteiger partial charge is 0.494 e. The van der Waals surface area contributed by atoms with E-state index in [0.717, 1.165) is 40.2 Å². The van der Waals surface area contributed by atoms with Crippen molar-refractivity contribution in [1.82, 2.24) is 4.98 Å². The van der Waals surface area contributed by atoms with Crippen LogP contribution >= 0.6 is 11.6 Å². The minimum atomic E-state index is 0.718. The zero-order valence-electron chi connectivity index (χ0n) is 10.2. The predicted molar refractivity (Wildman–Crippen MR) is 71.9 cm³/mol. The Kier molecular flexibility index (Phi) is 3.85. The van der Waals surface area contributed by atoms with Crippen molar-refractivity contribution in [1.29, 1.82) is 0 Å². The number of pyridine rings is 1. The number of aromatic nitrogens is 1. The highest BCUT2D eigenvalue weighted by molar-refractivity contribution is 6.35. The van der Waals surface area contributed by atoms with Gasteiger partial charge in [-0.3, -0.25) is 0 Å². The second kappa shape index (κ2) is 5.37. The van der Waals surface area contributed by atoms with Gasteiger partial charge in [-0.15, -0.1) is 0 Å². The van der Waals surface area contributed by atoms with E-state index in [9.17, 15) is 0 Å². The average Bonchev–Trinajstić information content (AvgIpc) is 2.37. The molecule has 0 amide bonds. The zero-order chi connectivity index (χ0) is 12.3. The number of aryl methyl sites for hydroxylation is 1. The van der Waals surface area contributed by atoms with Gasteiger partial charge in [0.15, 0.2) is 0 Å². The first-order valence-corrected chi connectivity index (χ1v) is 6.26. The number of benzene rings is 1. The summed E-state index contributed by atoms with van der Waals surface area (Å²) in [6, 6.07) is 7.78. The molecule has 0 saturated heterocycles. The molecule has 0 radical (unpaired) electrons. The van der Waals surface area contributed by atoms with Crippen LogP contribution in [0.25, 0.3) is 10.9 Å². The molecule has 2 aromatic rings. The normalized spacial score (nSPS) is 10.8. The van der Waals surface area contributed by atoms with Crippen molar-refractivity contribution in [3.05, 3.63) is 35.0 Å². The highest BCUT2D eigenvalue weighted by Gasteiger charge is 2.07. The number of methoxy groups -OCH3 is 1. The first-order chi connectivity index (χ1) is 8.26. The van der Waals surface area contributed by atoms with Gasteiger partial charge in [0.05, 0.1) is 12.1 Å². The zero-order valence-corrected chi connectivity index (χ0v) is 10.9. The molecule has 1 aromatic heterocycles. The van der Waals surface area contributed by atoms with E-state index in [1.54, 1.807) is 7.11 Å². The van der Waals surface area contributed by atoms with Gasteiger partial charge in [0.25, 0.3) is 0 Å². The maximum absolute atomic E-state index is 6.15. The standard InChI is InChI=1S/C14H16ClNO/c1-3-4-5-10-6-7-11-12(15)8-9-13(17-2)14(11)16-10/h6-9H,3-5H2,1-2H3. The van der Waals surface area contributed by atoms with Crippen LogP contribution in [-0.2, 0) is 6.42 Å². The van der Waals surface area contributed by atoms with E-state index in [4.69, 9.17) is 16.3 Å². The number of unbranched alkanes of at least 4 members (excludes halogenated alkanes) is 1. The molecule has 0 spiro atoms. The van der Waals surface area contributed by atoms with Gasteiger partial charge in [-0.05, 0) is 37.1 Å². The van der Waals surface area contributed by atoms with Crippen LogP contribution in [-0.4, -0.2) is 12.1 Å². The monoisotopic (exact) mass is 249 g/mol. The van der Waals surface area contributed by atoms with Crippen molar-refractivity contribution in [2.75, 3.05) is 7.11 Å². The molecule has 0 N–H and O–H groups in total. The SMILES string of the molecule is CCCCc1ccc2c(Cl)ccc(OC)c2n1. The van der Waals surface area contributed by atoms with E-state index in [0.29, 0.717) is 0 Å². The minimum absolute atomic E-state index is 0.718. The summed E-state index contributed by atoms with van der Waals surface area (Å²) in [5.41, 5.74) is 1.95. The number of nitrogens with zero attached hydrogens (tertiary/aromatic N) is 1. The molecule has 1 aromatic carbocycles. The van der Waals surface area contributed by atoms with Gasteiger partial charge in [-0.2, -0.15) is 0 Å². The molecular weight excluding hydrogens is 234 g/mol. The lowest BCUT2D eigenvalue weighted by atomic mass is 10.1. The third-order valence-electron chi connectivity index (χ3n) is 2.83. The van der Waals surface area contributed by atoms with Crippen molar-refractivity contribution < 1.29 is 4.74 Å². The molecule has 17 heavy (non-hydrogen) atoms. The summed E-state index contributed by atoms with van der Waals surface area (Å²) in [6.07, 6.45) is 3.33. The van der Waals surface area contributed by atoms with Gasteiger partial charge in [0, 0.05) is 11.1 Å². The summed E-state index contributed by atoms with van der Waals surface area (Å²) in [4.78, 5) is 4.63. The van der Waals surface area contributed by atoms with Gasteiger partial charge < -0.3 is 4.74 Å². The smallest absolute Gasteiger partial charge is 0.145 e. The maximum atomic E-state index is 6.15. The molecule has 1 heterocycles. The average molecular weight is 250 g/mol. The fourth-order valence-electron chi connectivity index (χ4n) is 1.86. The first-order valence-electron chi connectivity index (χ1n) is 5.88. The molecule has 0 atom stereocenters. The van der Waals surface area contributed by atoms with Gasteiger partial charge in [0.2, 0.25) is 0 Å². The van der Waals surface area contributed by atoms with Crippen LogP contribution in [0.4, 0.5) is 0 Å². The molecule has 0 aliphatic carbocycles. The van der Waals surface area contributed by atoms with Crippen molar-refractivity contribution in [3.63, 3.8) is 0 Å². The summed E-state index contributed by atoms with van der Waals surface area (Å²) in [6.45, 7) is 2.18. The molecule has 3 heteroatoms. The van der Waals surface area contributed by atoms with Crippen LogP contribution in [0.1, 0.15) is 25.5 Å². The van der Waals surface area contributed by atoms with Crippen LogP contribution in [0.3, 0.4) is 0 Å². The van der Waals surface area contributed by atoms with Crippen LogP contribution in [0.15, 0.2) is 24.3 Å². The van der Waals surface area contributed by atoms with Crippen molar-refractivity contribution in [3.8, 4) is 5.75 Å². The Bertz CT molecular complexity index is 525. The van der Waals surface area contributed by atoms with E-state index in [2.05, 4.69) is 11.9 Å². The van der Waals surface area contributed by atoms with Crippen LogP contribution in [0.5, 0.6) is 5.75 Å². The summed E-state index contributed by atoms with van der Waals surface area (Å²) in [5.74, 6) is 0.780. The first kappa shape index (κ1) is 12.2. The molecule has 2 rings (SSSR count). The van der Waals surface area contributed by atoms with Crippen LogP contribution in [0.2, 0.25) is 5.02 Å². The Morgan fingerprint density at radius 1 is 1.24 bits per heavy atom. The lowest BCUT2D eigenvalue weighted by Gasteiger charge is -2.08. The van der Waals surface area contributed by atoms with Crippen molar-refractivity contribution >= 4 is 22.5 Å². The van der Waals surface area contributed by atoms with E-state index in [1.165, 1.54) is 6.42 Å². The molecule has 2 nitrogen and oxygen atoms in total. The molecule has 0 bridgehead atoms. The Morgan fingerprint density at radius 3 is 2.76 bits per heavy atom. The Labute approximate surface area is 107 Å². The van der Waals surface area contributed by atoms with Crippen LogP contribution < -0.4 is 4.74 Å². The Hall–Kier alpha value is -1.28. The van der Waals surface area contributed by atoms with E-state index in [1.807, 2.05) is 24.3 Å². The molecule has 90 valence electrons. The molecule has 0 saturated carbocycles. The second-order valence-corrected chi connectivity index (χ2v) is 4.46. The molecule has 0 unspecified atom stereocenters. The topological polar surface area (TPSA) is 22.1 Å². The number of rotatable bonds is 4. The van der Waals surface area contributed by atoms with E-state index in [-0.39, 0.29) is 0 Å². The lowest BCUT2D eigenvalue weighted by molar-refractivity contribution is 0.419. The van der Waals surface area contributed by atoms with Crippen molar-refractivity contribution in [2.24, 2.45) is 0 Å². The summed E-state index contributed by atoms with van der Waals surface area (Å²) >= 11 is 6.15. The Morgan fingerprint density at radius 2 is 2.06 bits per heavy atom. The molecule has 0 aliphatic heterocycles. The van der Waals surface area contributed by atoms with E-state index >= 15 is 0 Å². The molecule has 0 aliphatic rings. The number of fused-ring (bicyclic) bond motifs is 1. The van der Waals surface area contributed by atoms with Gasteiger partial charge in [-0.1, -0.05) is 24.9 Å². The fraction of sp³-hybridized carbons (Fsp3) is 0.357. The number of ether oxygens (including phenoxy) is 1. The summed E-state index contributed by atoms with van der Waals surface area (Å²) in [7, 11) is 1.66. The van der Waals surface area contributed by atoms with Crippen molar-refractivity contribution in [2.45, 2.75) is 26.2 Å². The minimum Gasteiger partial charge on any atom is -0.494 e. The number of halogens is 1. The third-order valence-corrected chi connectivity index (χ3v) is 3.16. The number of hydrogen-bond acceptors (Lipinski definition) is 2. The fourth-order valence-corrected chi connectivity index (χ4v) is 2.08. The van der Waals surface area contributed by atoms with Gasteiger partial charge >= 0.3 is 0 Å². The molecule has 0 fully saturated rings. The van der Waals surface area contributed by atoms with Gasteiger partial charge in [-0.25, -0.2) is 4.98 Å². The lowest BCUT2D eigenvalue weighted by Crippen LogP contribution is -1.93. The third kappa shape index (κ3) is 2.52. The highest BCUT2D eigenvalue weighted by atomic mass is 35.5. The predicted octanol–water partition coefficient (Wildman–Crippen LogP) is 4.24. The maximum Gasteiger partial charge on any atom is 0.145 e. The second-order valence-electron chi connectivity index (χ2n) is 4.05. The van der Waals surface area contributed by atoms with Crippen LogP contribution in [0, 0.1) is 0 Å². The van der Waals surface area contributed by atoms with Gasteiger partial charge in [0.1, 0.15) is 11.3 Å². The number of hydrogen-bond donors (Lipinski definition) is 0. The summed E-state index contributed by atoms with van der Waals surface area (Å²) < 4.78 is 5.32. The Balaban J connectivity index is 2.50. The highest BCUT2D eigenvalue weighted by Crippen LogP contribution is 2.30. The van der Waals surface area contributed by atoms with E-state index < -0.39 is 0 Å².